The van der Waals surface area contributed by atoms with E-state index < -0.39 is 0 Å². The highest BCUT2D eigenvalue weighted by Gasteiger charge is 2.23. The summed E-state index contributed by atoms with van der Waals surface area (Å²) >= 11 is 0. The highest BCUT2D eigenvalue weighted by molar-refractivity contribution is 5.35. The van der Waals surface area contributed by atoms with Gasteiger partial charge in [-0.25, -0.2) is 0 Å². The molecule has 0 heterocycles. The molecule has 21 heavy (non-hydrogen) atoms. The molecule has 0 spiro atoms. The van der Waals surface area contributed by atoms with Gasteiger partial charge in [0.2, 0.25) is 0 Å². The fourth-order valence-electron chi connectivity index (χ4n) is 3.30. The number of hydrogen-bond acceptors (Lipinski definition) is 1. The summed E-state index contributed by atoms with van der Waals surface area (Å²) in [5, 5.41) is 3.80. The molecule has 2 atom stereocenters. The summed E-state index contributed by atoms with van der Waals surface area (Å²) in [4.78, 5) is 0. The lowest BCUT2D eigenvalue weighted by molar-refractivity contribution is 0.465. The summed E-state index contributed by atoms with van der Waals surface area (Å²) in [7, 11) is 0. The van der Waals surface area contributed by atoms with Gasteiger partial charge >= 0.3 is 0 Å². The van der Waals surface area contributed by atoms with Crippen molar-refractivity contribution >= 4 is 0 Å². The highest BCUT2D eigenvalue weighted by Crippen LogP contribution is 2.32. The van der Waals surface area contributed by atoms with Crippen molar-refractivity contribution in [2.75, 3.05) is 0 Å². The number of rotatable bonds is 4. The second-order valence-corrected chi connectivity index (χ2v) is 6.50. The zero-order valence-corrected chi connectivity index (χ0v) is 13.3. The van der Waals surface area contributed by atoms with E-state index in [0.29, 0.717) is 18.0 Å². The fourth-order valence-corrected chi connectivity index (χ4v) is 3.30. The van der Waals surface area contributed by atoms with E-state index in [-0.39, 0.29) is 0 Å². The van der Waals surface area contributed by atoms with Crippen LogP contribution in [0.3, 0.4) is 0 Å². The molecule has 0 bridgehead atoms. The van der Waals surface area contributed by atoms with Crippen LogP contribution in [0.1, 0.15) is 67.4 Å². The van der Waals surface area contributed by atoms with Crippen molar-refractivity contribution in [2.45, 2.75) is 51.6 Å². The van der Waals surface area contributed by atoms with Gasteiger partial charge in [-0.3, -0.25) is 0 Å². The molecule has 0 aromatic heterocycles. The van der Waals surface area contributed by atoms with Gasteiger partial charge in [-0.05, 0) is 47.9 Å². The van der Waals surface area contributed by atoms with Crippen molar-refractivity contribution in [3.8, 4) is 0 Å². The van der Waals surface area contributed by atoms with Crippen molar-refractivity contribution in [3.63, 3.8) is 0 Å². The van der Waals surface area contributed by atoms with Crippen LogP contribution in [0.25, 0.3) is 0 Å². The summed E-state index contributed by atoms with van der Waals surface area (Å²) in [5.74, 6) is 0.601. The SMILES string of the molecule is CC(C)c1ccc(C(C)NC2CCc3ccccc32)cc1. The van der Waals surface area contributed by atoms with Gasteiger partial charge in [0.15, 0.2) is 0 Å². The number of aryl methyl sites for hydroxylation is 1. The number of benzene rings is 2. The molecule has 2 aromatic rings. The molecule has 2 unspecified atom stereocenters. The Morgan fingerprint density at radius 3 is 2.29 bits per heavy atom. The van der Waals surface area contributed by atoms with E-state index in [4.69, 9.17) is 0 Å². The third-order valence-corrected chi connectivity index (χ3v) is 4.69. The van der Waals surface area contributed by atoms with Gasteiger partial charge in [0.05, 0.1) is 0 Å². The molecule has 0 fully saturated rings. The molecule has 2 aromatic carbocycles. The lowest BCUT2D eigenvalue weighted by atomic mass is 9.99. The predicted molar refractivity (Wildman–Crippen MR) is 89.6 cm³/mol. The van der Waals surface area contributed by atoms with Crippen LogP contribution in [0.4, 0.5) is 0 Å². The Bertz CT molecular complexity index is 597. The van der Waals surface area contributed by atoms with Crippen LogP contribution in [-0.2, 0) is 6.42 Å². The second kappa shape index (κ2) is 6.03. The predicted octanol–water partition coefficient (Wildman–Crippen LogP) is 5.15. The van der Waals surface area contributed by atoms with Crippen LogP contribution in [-0.4, -0.2) is 0 Å². The first-order chi connectivity index (χ1) is 10.1. The van der Waals surface area contributed by atoms with Crippen molar-refractivity contribution < 1.29 is 0 Å². The first-order valence-electron chi connectivity index (χ1n) is 8.09. The minimum absolute atomic E-state index is 0.391. The van der Waals surface area contributed by atoms with Gasteiger partial charge in [0.1, 0.15) is 0 Å². The van der Waals surface area contributed by atoms with Crippen LogP contribution in [0.5, 0.6) is 0 Å². The third kappa shape index (κ3) is 3.03. The summed E-state index contributed by atoms with van der Waals surface area (Å²) in [6, 6.07) is 18.8. The Labute approximate surface area is 128 Å². The Kier molecular flexibility index (Phi) is 4.12. The van der Waals surface area contributed by atoms with Crippen LogP contribution in [0.15, 0.2) is 48.5 Å². The quantitative estimate of drug-likeness (QED) is 0.816. The molecule has 1 N–H and O–H groups in total. The summed E-state index contributed by atoms with van der Waals surface area (Å²) < 4.78 is 0. The lowest BCUT2D eigenvalue weighted by Gasteiger charge is -2.21. The second-order valence-electron chi connectivity index (χ2n) is 6.50. The standard InChI is InChI=1S/C20H25N/c1-14(2)16-8-10-17(11-9-16)15(3)21-20-13-12-18-6-4-5-7-19(18)20/h4-11,14-15,20-21H,12-13H2,1-3H3. The van der Waals surface area contributed by atoms with E-state index in [9.17, 15) is 0 Å². The fraction of sp³-hybridized carbons (Fsp3) is 0.400. The van der Waals surface area contributed by atoms with Crippen molar-refractivity contribution in [3.05, 3.63) is 70.8 Å². The molecule has 110 valence electrons. The van der Waals surface area contributed by atoms with Crippen molar-refractivity contribution in [1.29, 1.82) is 0 Å². The van der Waals surface area contributed by atoms with Crippen molar-refractivity contribution in [2.24, 2.45) is 0 Å². The van der Waals surface area contributed by atoms with Gasteiger partial charge < -0.3 is 5.32 Å². The normalized spacial score (nSPS) is 18.8. The molecule has 0 amide bonds. The number of hydrogen-bond donors (Lipinski definition) is 1. The zero-order chi connectivity index (χ0) is 14.8. The van der Waals surface area contributed by atoms with Gasteiger partial charge in [-0.2, -0.15) is 0 Å². The Morgan fingerprint density at radius 2 is 1.57 bits per heavy atom. The summed E-state index contributed by atoms with van der Waals surface area (Å²) in [6.07, 6.45) is 2.42. The van der Waals surface area contributed by atoms with E-state index in [0.717, 1.165) is 0 Å². The Morgan fingerprint density at radius 1 is 0.905 bits per heavy atom. The average molecular weight is 279 g/mol. The average Bonchev–Trinajstić information content (AvgIpc) is 2.91. The Balaban J connectivity index is 1.71. The minimum atomic E-state index is 0.391. The molecular formula is C20H25N. The summed E-state index contributed by atoms with van der Waals surface area (Å²) in [5.41, 5.74) is 5.79. The van der Waals surface area contributed by atoms with Gasteiger partial charge in [0.25, 0.3) is 0 Å². The molecular weight excluding hydrogens is 254 g/mol. The van der Waals surface area contributed by atoms with E-state index in [2.05, 4.69) is 74.6 Å². The molecule has 1 aliphatic rings. The van der Waals surface area contributed by atoms with E-state index in [1.54, 1.807) is 0 Å². The third-order valence-electron chi connectivity index (χ3n) is 4.69. The monoisotopic (exact) mass is 279 g/mol. The molecule has 1 heteroatoms. The molecule has 1 aliphatic carbocycles. The molecule has 1 nitrogen and oxygen atoms in total. The molecule has 0 saturated carbocycles. The van der Waals surface area contributed by atoms with Crippen LogP contribution in [0.2, 0.25) is 0 Å². The lowest BCUT2D eigenvalue weighted by Crippen LogP contribution is -2.23. The maximum Gasteiger partial charge on any atom is 0.0331 e. The number of fused-ring (bicyclic) bond motifs is 1. The van der Waals surface area contributed by atoms with Gasteiger partial charge in [-0.15, -0.1) is 0 Å². The molecule has 0 radical (unpaired) electrons. The van der Waals surface area contributed by atoms with E-state index >= 15 is 0 Å². The number of nitrogens with one attached hydrogen (secondary N) is 1. The maximum atomic E-state index is 3.80. The van der Waals surface area contributed by atoms with Crippen LogP contribution >= 0.6 is 0 Å². The Hall–Kier alpha value is -1.60. The smallest absolute Gasteiger partial charge is 0.0331 e. The van der Waals surface area contributed by atoms with Crippen LogP contribution in [0, 0.1) is 0 Å². The van der Waals surface area contributed by atoms with Crippen LogP contribution < -0.4 is 5.32 Å². The zero-order valence-electron chi connectivity index (χ0n) is 13.3. The maximum absolute atomic E-state index is 3.80. The van der Waals surface area contributed by atoms with E-state index in [1.807, 2.05) is 0 Å². The largest absolute Gasteiger partial charge is 0.303 e. The van der Waals surface area contributed by atoms with E-state index in [1.165, 1.54) is 35.1 Å². The summed E-state index contributed by atoms with van der Waals surface area (Å²) in [6.45, 7) is 6.75. The van der Waals surface area contributed by atoms with Crippen molar-refractivity contribution in [1.82, 2.24) is 5.32 Å². The molecule has 0 saturated heterocycles. The van der Waals surface area contributed by atoms with Gasteiger partial charge in [-0.1, -0.05) is 62.4 Å². The molecule has 0 aliphatic heterocycles. The topological polar surface area (TPSA) is 12.0 Å². The first kappa shape index (κ1) is 14.3. The molecule has 3 rings (SSSR count). The highest BCUT2D eigenvalue weighted by atomic mass is 14.9. The minimum Gasteiger partial charge on any atom is -0.303 e. The first-order valence-corrected chi connectivity index (χ1v) is 8.09. The van der Waals surface area contributed by atoms with Gasteiger partial charge in [0, 0.05) is 12.1 Å².